The molecule has 0 rings (SSSR count). The second-order valence-electron chi connectivity index (χ2n) is 8.91. The Morgan fingerprint density at radius 2 is 1.22 bits per heavy atom. The summed E-state index contributed by atoms with van der Waals surface area (Å²) in [4.78, 5) is 13.5. The Labute approximate surface area is 195 Å². The number of aliphatic hydroxyl groups excluding tert-OH is 5. The van der Waals surface area contributed by atoms with Crippen LogP contribution in [0.3, 0.4) is 0 Å². The molecule has 0 aliphatic rings. The third-order valence-corrected chi connectivity index (χ3v) is 5.86. The van der Waals surface area contributed by atoms with E-state index in [1.807, 2.05) is 0 Å². The molecule has 0 aliphatic carbocycles. The molecule has 0 aromatic rings. The van der Waals surface area contributed by atoms with Gasteiger partial charge in [0.25, 0.3) is 0 Å². The molecule has 7 nitrogen and oxygen atoms in total. The highest BCUT2D eigenvalue weighted by Gasteiger charge is 2.31. The highest BCUT2D eigenvalue weighted by Crippen LogP contribution is 2.11. The molecule has 0 spiro atoms. The maximum atomic E-state index is 12.2. The molecule has 0 aromatic heterocycles. The molecule has 0 saturated heterocycles. The van der Waals surface area contributed by atoms with Crippen molar-refractivity contribution >= 4 is 5.91 Å². The van der Waals surface area contributed by atoms with Gasteiger partial charge in [-0.3, -0.25) is 4.79 Å². The van der Waals surface area contributed by atoms with E-state index in [0.29, 0.717) is 6.42 Å². The second kappa shape index (κ2) is 20.6. The van der Waals surface area contributed by atoms with E-state index in [1.54, 1.807) is 0 Å². The number of nitrogens with zero attached hydrogens (tertiary/aromatic N) is 1. The van der Waals surface area contributed by atoms with Gasteiger partial charge in [-0.25, -0.2) is 0 Å². The number of carbonyl (C=O) groups excluding carboxylic acids is 1. The monoisotopic (exact) mass is 459 g/mol. The van der Waals surface area contributed by atoms with Gasteiger partial charge in [0, 0.05) is 20.0 Å². The minimum atomic E-state index is -1.68. The number of aliphatic hydroxyl groups is 5. The largest absolute Gasteiger partial charge is 0.394 e. The molecule has 4 atom stereocenters. The van der Waals surface area contributed by atoms with Crippen molar-refractivity contribution in [2.24, 2.45) is 0 Å². The molecular formula is C25H49NO6. The number of amides is 1. The summed E-state index contributed by atoms with van der Waals surface area (Å²) in [5.41, 5.74) is 0. The minimum absolute atomic E-state index is 0.133. The van der Waals surface area contributed by atoms with Gasteiger partial charge in [-0.1, -0.05) is 70.4 Å². The molecule has 5 N–H and O–H groups in total. The van der Waals surface area contributed by atoms with Crippen molar-refractivity contribution in [2.45, 2.75) is 121 Å². The van der Waals surface area contributed by atoms with Crippen LogP contribution in [-0.2, 0) is 4.79 Å². The van der Waals surface area contributed by atoms with Gasteiger partial charge in [0.15, 0.2) is 0 Å². The molecule has 32 heavy (non-hydrogen) atoms. The molecule has 190 valence electrons. The molecule has 0 saturated carbocycles. The maximum absolute atomic E-state index is 12.2. The molecule has 0 fully saturated rings. The van der Waals surface area contributed by atoms with Crippen molar-refractivity contribution in [3.05, 3.63) is 12.2 Å². The van der Waals surface area contributed by atoms with Crippen molar-refractivity contribution in [1.82, 2.24) is 4.90 Å². The van der Waals surface area contributed by atoms with E-state index in [2.05, 4.69) is 19.1 Å². The fourth-order valence-corrected chi connectivity index (χ4v) is 3.59. The smallest absolute Gasteiger partial charge is 0.222 e. The zero-order chi connectivity index (χ0) is 24.2. The molecule has 0 unspecified atom stereocenters. The van der Waals surface area contributed by atoms with Crippen LogP contribution in [-0.4, -0.2) is 81.0 Å². The molecule has 1 amide bonds. The quantitative estimate of drug-likeness (QED) is 0.133. The first-order valence-electron chi connectivity index (χ1n) is 12.6. The lowest BCUT2D eigenvalue weighted by Gasteiger charge is -2.28. The van der Waals surface area contributed by atoms with Crippen LogP contribution >= 0.6 is 0 Å². The van der Waals surface area contributed by atoms with Crippen molar-refractivity contribution in [3.63, 3.8) is 0 Å². The Kier molecular flexibility index (Phi) is 20.0. The second-order valence-corrected chi connectivity index (χ2v) is 8.91. The lowest BCUT2D eigenvalue weighted by Crippen LogP contribution is -2.49. The van der Waals surface area contributed by atoms with Crippen molar-refractivity contribution in [3.8, 4) is 0 Å². The standard InChI is InChI=1S/C25H49NO6/c1-3-4-5-6-7-8-9-10-11-12-13-14-15-16-17-18-23(30)26(2)19-21(28)24(31)25(32)22(29)20-27/h10-11,21-22,24-25,27-29,31-32H,3-9,12-20H2,1-2H3/b11-10+/t21-,22+,24+,25+/m0/s1. The number of likely N-dealkylation sites (N-methyl/N-ethyl adjacent to an activating group) is 1. The Morgan fingerprint density at radius 3 is 1.75 bits per heavy atom. The predicted molar refractivity (Wildman–Crippen MR) is 128 cm³/mol. The van der Waals surface area contributed by atoms with Crippen LogP contribution in [0, 0.1) is 0 Å². The number of carbonyl (C=O) groups is 1. The average Bonchev–Trinajstić information content (AvgIpc) is 2.79. The van der Waals surface area contributed by atoms with Gasteiger partial charge in [0.1, 0.15) is 24.4 Å². The minimum Gasteiger partial charge on any atom is -0.394 e. The normalized spacial score (nSPS) is 15.6. The average molecular weight is 460 g/mol. The highest BCUT2D eigenvalue weighted by molar-refractivity contribution is 5.75. The van der Waals surface area contributed by atoms with Crippen LogP contribution in [0.5, 0.6) is 0 Å². The molecule has 7 heteroatoms. The molecule has 0 aromatic carbocycles. The lowest BCUT2D eigenvalue weighted by molar-refractivity contribution is -0.138. The fourth-order valence-electron chi connectivity index (χ4n) is 3.59. The summed E-state index contributed by atoms with van der Waals surface area (Å²) in [5.74, 6) is -0.133. The van der Waals surface area contributed by atoms with Crippen LogP contribution in [0.4, 0.5) is 0 Å². The number of unbranched alkanes of at least 4 members (excludes halogenated alkanes) is 11. The summed E-state index contributed by atoms with van der Waals surface area (Å²) in [6, 6.07) is 0. The van der Waals surface area contributed by atoms with Crippen molar-refractivity contribution < 1.29 is 30.3 Å². The lowest BCUT2D eigenvalue weighted by atomic mass is 10.0. The van der Waals surface area contributed by atoms with E-state index in [4.69, 9.17) is 5.11 Å². The zero-order valence-electron chi connectivity index (χ0n) is 20.4. The van der Waals surface area contributed by atoms with Gasteiger partial charge in [0.2, 0.25) is 5.91 Å². The van der Waals surface area contributed by atoms with E-state index < -0.39 is 31.0 Å². The zero-order valence-corrected chi connectivity index (χ0v) is 20.4. The maximum Gasteiger partial charge on any atom is 0.222 e. The summed E-state index contributed by atoms with van der Waals surface area (Å²) in [5, 5.41) is 47.5. The first kappa shape index (κ1) is 31.0. The van der Waals surface area contributed by atoms with Crippen LogP contribution in [0.2, 0.25) is 0 Å². The molecule has 0 radical (unpaired) electrons. The van der Waals surface area contributed by atoms with Crippen LogP contribution < -0.4 is 0 Å². The number of allylic oxidation sites excluding steroid dienone is 2. The van der Waals surface area contributed by atoms with Crippen LogP contribution in [0.25, 0.3) is 0 Å². The van der Waals surface area contributed by atoms with E-state index >= 15 is 0 Å². The van der Waals surface area contributed by atoms with Gasteiger partial charge < -0.3 is 30.4 Å². The molecule has 0 heterocycles. The SMILES string of the molecule is CCCCCCCC/C=C/CCCCCCCC(=O)N(C)C[C@H](O)[C@@H](O)[C@H](O)[C@H](O)CO. The topological polar surface area (TPSA) is 121 Å². The Hall–Kier alpha value is -0.990. The number of hydrogen-bond acceptors (Lipinski definition) is 6. The first-order chi connectivity index (χ1) is 15.3. The van der Waals surface area contributed by atoms with Crippen LogP contribution in [0.15, 0.2) is 12.2 Å². The summed E-state index contributed by atoms with van der Waals surface area (Å²) in [6.07, 6.45) is 14.2. The third-order valence-electron chi connectivity index (χ3n) is 5.86. The van der Waals surface area contributed by atoms with Gasteiger partial charge >= 0.3 is 0 Å². The predicted octanol–water partition coefficient (Wildman–Crippen LogP) is 2.92. The Balaban J connectivity index is 3.71. The van der Waals surface area contributed by atoms with Gasteiger partial charge in [-0.05, 0) is 32.1 Å². The summed E-state index contributed by atoms with van der Waals surface area (Å²) >= 11 is 0. The highest BCUT2D eigenvalue weighted by atomic mass is 16.4. The van der Waals surface area contributed by atoms with Crippen molar-refractivity contribution in [1.29, 1.82) is 0 Å². The van der Waals surface area contributed by atoms with Gasteiger partial charge in [-0.2, -0.15) is 0 Å². The molecular weight excluding hydrogens is 410 g/mol. The van der Waals surface area contributed by atoms with Gasteiger partial charge in [-0.15, -0.1) is 0 Å². The van der Waals surface area contributed by atoms with Crippen molar-refractivity contribution in [2.75, 3.05) is 20.2 Å². The Morgan fingerprint density at radius 1 is 0.750 bits per heavy atom. The Bertz CT molecular complexity index is 473. The molecule has 0 aliphatic heterocycles. The van der Waals surface area contributed by atoms with E-state index in [0.717, 1.165) is 32.1 Å². The summed E-state index contributed by atoms with van der Waals surface area (Å²) < 4.78 is 0. The summed E-state index contributed by atoms with van der Waals surface area (Å²) in [6.45, 7) is 1.36. The first-order valence-corrected chi connectivity index (χ1v) is 12.6. The fraction of sp³-hybridized carbons (Fsp3) is 0.880. The number of rotatable bonds is 21. The van der Waals surface area contributed by atoms with E-state index in [1.165, 1.54) is 63.3 Å². The van der Waals surface area contributed by atoms with Gasteiger partial charge in [0.05, 0.1) is 6.61 Å². The third kappa shape index (κ3) is 15.8. The van der Waals surface area contributed by atoms with E-state index in [-0.39, 0.29) is 12.5 Å². The van der Waals surface area contributed by atoms with Crippen LogP contribution in [0.1, 0.15) is 96.8 Å². The van der Waals surface area contributed by atoms with E-state index in [9.17, 15) is 25.2 Å². The number of hydrogen-bond donors (Lipinski definition) is 5. The molecule has 0 bridgehead atoms. The summed E-state index contributed by atoms with van der Waals surface area (Å²) in [7, 11) is 1.53.